The Labute approximate surface area is 107 Å². The quantitative estimate of drug-likeness (QED) is 0.874. The number of hydrogen-bond acceptors (Lipinski definition) is 3. The molecule has 100 valence electrons. The first kappa shape index (κ1) is 13.3. The van der Waals surface area contributed by atoms with Crippen LogP contribution in [0.5, 0.6) is 5.75 Å². The van der Waals surface area contributed by atoms with Crippen LogP contribution in [-0.2, 0) is 4.74 Å². The number of nitrogens with one attached hydrogen (secondary N) is 1. The standard InChI is InChI=1S/C14H20FNO2/c1-3-16-9-11-6-7-18-14(11)10-4-5-13(17-2)12(15)8-10/h4-5,8,11,14,16H,3,6-7,9H2,1-2H3. The Morgan fingerprint density at radius 2 is 2.33 bits per heavy atom. The first-order valence-corrected chi connectivity index (χ1v) is 6.42. The van der Waals surface area contributed by atoms with Crippen molar-refractivity contribution in [2.75, 3.05) is 26.8 Å². The predicted octanol–water partition coefficient (Wildman–Crippen LogP) is 2.52. The molecule has 0 bridgehead atoms. The van der Waals surface area contributed by atoms with Crippen LogP contribution in [-0.4, -0.2) is 26.8 Å². The van der Waals surface area contributed by atoms with E-state index < -0.39 is 0 Å². The van der Waals surface area contributed by atoms with Crippen LogP contribution in [0.1, 0.15) is 25.0 Å². The summed E-state index contributed by atoms with van der Waals surface area (Å²) in [5, 5.41) is 3.33. The second-order valence-electron chi connectivity index (χ2n) is 4.54. The summed E-state index contributed by atoms with van der Waals surface area (Å²) >= 11 is 0. The van der Waals surface area contributed by atoms with Crippen molar-refractivity contribution in [2.45, 2.75) is 19.4 Å². The highest BCUT2D eigenvalue weighted by molar-refractivity contribution is 5.31. The third kappa shape index (κ3) is 2.82. The van der Waals surface area contributed by atoms with Crippen molar-refractivity contribution in [1.82, 2.24) is 5.32 Å². The molecule has 1 saturated heterocycles. The Balaban J connectivity index is 2.12. The van der Waals surface area contributed by atoms with Crippen LogP contribution in [0, 0.1) is 11.7 Å². The minimum atomic E-state index is -0.326. The van der Waals surface area contributed by atoms with Gasteiger partial charge in [0, 0.05) is 19.1 Å². The average molecular weight is 253 g/mol. The van der Waals surface area contributed by atoms with E-state index >= 15 is 0 Å². The maximum Gasteiger partial charge on any atom is 0.165 e. The molecule has 1 heterocycles. The van der Waals surface area contributed by atoms with Crippen LogP contribution < -0.4 is 10.1 Å². The van der Waals surface area contributed by atoms with Crippen LogP contribution >= 0.6 is 0 Å². The topological polar surface area (TPSA) is 30.5 Å². The largest absolute Gasteiger partial charge is 0.494 e. The van der Waals surface area contributed by atoms with Gasteiger partial charge in [0.05, 0.1) is 13.2 Å². The van der Waals surface area contributed by atoms with E-state index in [0.717, 1.165) is 31.7 Å². The van der Waals surface area contributed by atoms with Crippen LogP contribution in [0.15, 0.2) is 18.2 Å². The summed E-state index contributed by atoms with van der Waals surface area (Å²) in [5.74, 6) is 0.366. The van der Waals surface area contributed by atoms with Crippen LogP contribution in [0.3, 0.4) is 0 Å². The van der Waals surface area contributed by atoms with E-state index in [1.807, 2.05) is 6.07 Å². The van der Waals surface area contributed by atoms with Gasteiger partial charge < -0.3 is 14.8 Å². The Bertz CT molecular complexity index is 397. The monoisotopic (exact) mass is 253 g/mol. The molecule has 0 amide bonds. The number of hydrogen-bond donors (Lipinski definition) is 1. The lowest BCUT2D eigenvalue weighted by Crippen LogP contribution is -2.24. The van der Waals surface area contributed by atoms with Crippen molar-refractivity contribution in [3.05, 3.63) is 29.6 Å². The Hall–Kier alpha value is -1.13. The van der Waals surface area contributed by atoms with E-state index in [1.165, 1.54) is 13.2 Å². The highest BCUT2D eigenvalue weighted by Gasteiger charge is 2.29. The fourth-order valence-corrected chi connectivity index (χ4v) is 2.40. The molecule has 0 aromatic heterocycles. The summed E-state index contributed by atoms with van der Waals surface area (Å²) in [6.07, 6.45) is 1.01. The molecule has 1 aromatic carbocycles. The summed E-state index contributed by atoms with van der Waals surface area (Å²) in [7, 11) is 1.47. The molecule has 0 spiro atoms. The summed E-state index contributed by atoms with van der Waals surface area (Å²) in [5.41, 5.74) is 0.897. The molecule has 0 aliphatic carbocycles. The maximum atomic E-state index is 13.7. The number of benzene rings is 1. The lowest BCUT2D eigenvalue weighted by atomic mass is 9.95. The molecule has 4 heteroatoms. The Morgan fingerprint density at radius 1 is 1.50 bits per heavy atom. The Kier molecular flexibility index (Phi) is 4.55. The molecule has 2 unspecified atom stereocenters. The second kappa shape index (κ2) is 6.16. The fourth-order valence-electron chi connectivity index (χ4n) is 2.40. The molecule has 0 radical (unpaired) electrons. The minimum absolute atomic E-state index is 0.00976. The molecule has 1 N–H and O–H groups in total. The summed E-state index contributed by atoms with van der Waals surface area (Å²) in [6.45, 7) is 4.68. The molecular formula is C14H20FNO2. The van der Waals surface area contributed by atoms with E-state index in [1.54, 1.807) is 6.07 Å². The molecule has 2 rings (SSSR count). The van der Waals surface area contributed by atoms with Gasteiger partial charge in [-0.1, -0.05) is 13.0 Å². The number of ether oxygens (including phenoxy) is 2. The van der Waals surface area contributed by atoms with Gasteiger partial charge in [-0.05, 0) is 30.7 Å². The van der Waals surface area contributed by atoms with Gasteiger partial charge in [0.15, 0.2) is 11.6 Å². The first-order valence-electron chi connectivity index (χ1n) is 6.42. The summed E-state index contributed by atoms with van der Waals surface area (Å²) in [4.78, 5) is 0. The lowest BCUT2D eigenvalue weighted by Gasteiger charge is -2.19. The van der Waals surface area contributed by atoms with E-state index in [-0.39, 0.29) is 17.7 Å². The van der Waals surface area contributed by atoms with Gasteiger partial charge in [0.25, 0.3) is 0 Å². The highest BCUT2D eigenvalue weighted by atomic mass is 19.1. The minimum Gasteiger partial charge on any atom is -0.494 e. The maximum absolute atomic E-state index is 13.7. The first-order chi connectivity index (χ1) is 8.76. The Morgan fingerprint density at radius 3 is 3.00 bits per heavy atom. The van der Waals surface area contributed by atoms with Crippen molar-refractivity contribution in [2.24, 2.45) is 5.92 Å². The molecule has 1 aromatic rings. The zero-order chi connectivity index (χ0) is 13.0. The molecule has 0 saturated carbocycles. The third-order valence-electron chi connectivity index (χ3n) is 3.38. The van der Waals surface area contributed by atoms with Crippen molar-refractivity contribution in [3.8, 4) is 5.75 Å². The van der Waals surface area contributed by atoms with Crippen molar-refractivity contribution in [3.63, 3.8) is 0 Å². The van der Waals surface area contributed by atoms with Crippen LogP contribution in [0.25, 0.3) is 0 Å². The third-order valence-corrected chi connectivity index (χ3v) is 3.38. The van der Waals surface area contributed by atoms with Gasteiger partial charge in [0.1, 0.15) is 0 Å². The van der Waals surface area contributed by atoms with Gasteiger partial charge in [-0.25, -0.2) is 4.39 Å². The normalized spacial score (nSPS) is 23.3. The fraction of sp³-hybridized carbons (Fsp3) is 0.571. The van der Waals surface area contributed by atoms with Crippen molar-refractivity contribution >= 4 is 0 Å². The van der Waals surface area contributed by atoms with Crippen molar-refractivity contribution < 1.29 is 13.9 Å². The summed E-state index contributed by atoms with van der Waals surface area (Å²) in [6, 6.07) is 5.07. The highest BCUT2D eigenvalue weighted by Crippen LogP contribution is 2.35. The molecule has 2 atom stereocenters. The summed E-state index contributed by atoms with van der Waals surface area (Å²) < 4.78 is 24.3. The van der Waals surface area contributed by atoms with E-state index in [9.17, 15) is 4.39 Å². The zero-order valence-corrected chi connectivity index (χ0v) is 10.9. The number of methoxy groups -OCH3 is 1. The molecule has 18 heavy (non-hydrogen) atoms. The molecule has 1 fully saturated rings. The van der Waals surface area contributed by atoms with Gasteiger partial charge in [-0.3, -0.25) is 0 Å². The second-order valence-corrected chi connectivity index (χ2v) is 4.54. The predicted molar refractivity (Wildman–Crippen MR) is 68.3 cm³/mol. The van der Waals surface area contributed by atoms with Gasteiger partial charge in [0.2, 0.25) is 0 Å². The number of rotatable bonds is 5. The van der Waals surface area contributed by atoms with E-state index in [4.69, 9.17) is 9.47 Å². The number of halogens is 1. The van der Waals surface area contributed by atoms with Crippen LogP contribution in [0.4, 0.5) is 4.39 Å². The lowest BCUT2D eigenvalue weighted by molar-refractivity contribution is 0.0903. The van der Waals surface area contributed by atoms with E-state index in [2.05, 4.69) is 12.2 Å². The molecule has 1 aliphatic rings. The average Bonchev–Trinajstić information content (AvgIpc) is 2.84. The van der Waals surface area contributed by atoms with Gasteiger partial charge >= 0.3 is 0 Å². The smallest absolute Gasteiger partial charge is 0.165 e. The zero-order valence-electron chi connectivity index (χ0n) is 10.9. The van der Waals surface area contributed by atoms with Gasteiger partial charge in [-0.15, -0.1) is 0 Å². The van der Waals surface area contributed by atoms with Crippen LogP contribution in [0.2, 0.25) is 0 Å². The van der Waals surface area contributed by atoms with E-state index in [0.29, 0.717) is 5.92 Å². The SMILES string of the molecule is CCNCC1CCOC1c1ccc(OC)c(F)c1. The molecule has 1 aliphatic heterocycles. The molecule has 3 nitrogen and oxygen atoms in total. The van der Waals surface area contributed by atoms with Gasteiger partial charge in [-0.2, -0.15) is 0 Å². The molecular weight excluding hydrogens is 233 g/mol. The van der Waals surface area contributed by atoms with Crippen molar-refractivity contribution in [1.29, 1.82) is 0 Å².